The van der Waals surface area contributed by atoms with Crippen molar-refractivity contribution in [3.8, 4) is 5.75 Å². The number of morpholine rings is 1. The van der Waals surface area contributed by atoms with Crippen LogP contribution in [-0.2, 0) is 11.3 Å². The second kappa shape index (κ2) is 8.44. The number of nitrogen functional groups attached to an aromatic ring is 1. The number of amides is 1. The molecule has 1 fully saturated rings. The number of rotatable bonds is 6. The Balaban J connectivity index is 1.56. The van der Waals surface area contributed by atoms with Crippen LogP contribution in [0.15, 0.2) is 34.9 Å². The van der Waals surface area contributed by atoms with E-state index < -0.39 is 0 Å². The van der Waals surface area contributed by atoms with E-state index in [1.807, 2.05) is 12.1 Å². The normalized spacial score (nSPS) is 17.8. The van der Waals surface area contributed by atoms with E-state index in [0.717, 1.165) is 18.8 Å². The molecule has 8 heteroatoms. The monoisotopic (exact) mass is 379 g/mol. The van der Waals surface area contributed by atoms with Crippen molar-refractivity contribution in [2.24, 2.45) is 0 Å². The number of halogens is 1. The van der Waals surface area contributed by atoms with Crippen LogP contribution in [0.25, 0.3) is 0 Å². The number of ether oxygens (including phenoxy) is 2. The number of nitrogens with two attached hydrogens (primary N) is 1. The second-order valence-electron chi connectivity index (χ2n) is 6.09. The maximum absolute atomic E-state index is 12.5. The van der Waals surface area contributed by atoms with Crippen LogP contribution in [0.5, 0.6) is 5.75 Å². The van der Waals surface area contributed by atoms with Crippen LogP contribution in [0.1, 0.15) is 16.1 Å². The van der Waals surface area contributed by atoms with Crippen LogP contribution in [-0.4, -0.2) is 50.3 Å². The zero-order chi connectivity index (χ0) is 18.5. The Morgan fingerprint density at radius 1 is 1.50 bits per heavy atom. The molecule has 0 spiro atoms. The number of anilines is 1. The Hall–Kier alpha value is -2.22. The van der Waals surface area contributed by atoms with E-state index >= 15 is 0 Å². The Bertz CT molecular complexity index is 751. The summed E-state index contributed by atoms with van der Waals surface area (Å²) in [6.45, 7) is 3.26. The zero-order valence-corrected chi connectivity index (χ0v) is 15.3. The fraction of sp³-hybridized carbons (Fsp3) is 0.389. The van der Waals surface area contributed by atoms with Crippen molar-refractivity contribution in [3.63, 3.8) is 0 Å². The number of hydrogen-bond donors (Lipinski definition) is 2. The first-order valence-electron chi connectivity index (χ1n) is 8.34. The molecular formula is C18H22ClN3O4. The zero-order valence-electron chi connectivity index (χ0n) is 14.5. The SMILES string of the molecule is COc1cc(N)c(Cl)cc1C(=O)NCC1CN(Cc2ccco2)CCO1. The molecule has 1 unspecified atom stereocenters. The van der Waals surface area contributed by atoms with Gasteiger partial charge in [-0.25, -0.2) is 0 Å². The number of nitrogens with one attached hydrogen (secondary N) is 1. The predicted molar refractivity (Wildman–Crippen MR) is 98.5 cm³/mol. The predicted octanol–water partition coefficient (Wildman–Crippen LogP) is 2.15. The van der Waals surface area contributed by atoms with Gasteiger partial charge in [0.15, 0.2) is 0 Å². The van der Waals surface area contributed by atoms with Gasteiger partial charge in [0, 0.05) is 25.7 Å². The minimum Gasteiger partial charge on any atom is -0.496 e. The lowest BCUT2D eigenvalue weighted by atomic mass is 10.1. The minimum atomic E-state index is -0.282. The molecule has 3 N–H and O–H groups in total. The molecule has 1 aliphatic rings. The molecule has 0 saturated carbocycles. The molecule has 26 heavy (non-hydrogen) atoms. The number of nitrogens with zero attached hydrogens (tertiary/aromatic N) is 1. The molecule has 2 aromatic rings. The molecule has 0 bridgehead atoms. The fourth-order valence-electron chi connectivity index (χ4n) is 2.89. The highest BCUT2D eigenvalue weighted by atomic mass is 35.5. The second-order valence-corrected chi connectivity index (χ2v) is 6.50. The summed E-state index contributed by atoms with van der Waals surface area (Å²) in [7, 11) is 1.48. The third kappa shape index (κ3) is 4.49. The van der Waals surface area contributed by atoms with Gasteiger partial charge in [0.05, 0.1) is 48.9 Å². The minimum absolute atomic E-state index is 0.0992. The number of methoxy groups -OCH3 is 1. The van der Waals surface area contributed by atoms with Crippen molar-refractivity contribution in [2.75, 3.05) is 39.1 Å². The first-order valence-corrected chi connectivity index (χ1v) is 8.72. The summed E-state index contributed by atoms with van der Waals surface area (Å²) in [6, 6.07) is 6.87. The largest absolute Gasteiger partial charge is 0.496 e. The van der Waals surface area contributed by atoms with Crippen molar-refractivity contribution in [1.82, 2.24) is 10.2 Å². The maximum Gasteiger partial charge on any atom is 0.255 e. The summed E-state index contributed by atoms with van der Waals surface area (Å²) in [6.07, 6.45) is 1.57. The van der Waals surface area contributed by atoms with Gasteiger partial charge in [-0.1, -0.05) is 11.6 Å². The van der Waals surface area contributed by atoms with Gasteiger partial charge in [-0.05, 0) is 18.2 Å². The molecule has 1 amide bonds. The van der Waals surface area contributed by atoms with E-state index in [0.29, 0.717) is 41.7 Å². The molecule has 3 rings (SSSR count). The average molecular weight is 380 g/mol. The van der Waals surface area contributed by atoms with E-state index in [-0.39, 0.29) is 12.0 Å². The van der Waals surface area contributed by atoms with Gasteiger partial charge < -0.3 is 24.9 Å². The Morgan fingerprint density at radius 2 is 2.35 bits per heavy atom. The Morgan fingerprint density at radius 3 is 3.08 bits per heavy atom. The summed E-state index contributed by atoms with van der Waals surface area (Å²) in [5, 5.41) is 3.19. The lowest BCUT2D eigenvalue weighted by Crippen LogP contribution is -2.47. The molecular weight excluding hydrogens is 358 g/mol. The number of carbonyl (C=O) groups is 1. The van der Waals surface area contributed by atoms with Gasteiger partial charge in [-0.15, -0.1) is 0 Å². The van der Waals surface area contributed by atoms with E-state index in [1.165, 1.54) is 13.2 Å². The standard InChI is InChI=1S/C18H22ClN3O4/c1-24-17-8-16(20)15(19)7-14(17)18(23)21-9-13-11-22(4-6-26-13)10-12-3-2-5-25-12/h2-3,5,7-8,13H,4,6,9-11,20H2,1H3,(H,21,23). The van der Waals surface area contributed by atoms with Gasteiger partial charge in [-0.2, -0.15) is 0 Å². The van der Waals surface area contributed by atoms with E-state index in [9.17, 15) is 4.79 Å². The smallest absolute Gasteiger partial charge is 0.255 e. The van der Waals surface area contributed by atoms with Crippen molar-refractivity contribution in [3.05, 3.63) is 46.9 Å². The fourth-order valence-corrected chi connectivity index (χ4v) is 3.05. The topological polar surface area (TPSA) is 90.0 Å². The van der Waals surface area contributed by atoms with Gasteiger partial charge in [0.2, 0.25) is 0 Å². The first-order chi connectivity index (χ1) is 12.6. The van der Waals surface area contributed by atoms with Crippen molar-refractivity contribution in [2.45, 2.75) is 12.6 Å². The first kappa shape index (κ1) is 18.6. The summed E-state index contributed by atoms with van der Waals surface area (Å²) in [5.41, 5.74) is 6.46. The van der Waals surface area contributed by atoms with Crippen molar-refractivity contribution in [1.29, 1.82) is 0 Å². The molecule has 1 aliphatic heterocycles. The molecule has 2 heterocycles. The quantitative estimate of drug-likeness (QED) is 0.747. The van der Waals surface area contributed by atoms with E-state index in [1.54, 1.807) is 12.3 Å². The molecule has 7 nitrogen and oxygen atoms in total. The van der Waals surface area contributed by atoms with Crippen LogP contribution >= 0.6 is 11.6 Å². The Kier molecular flexibility index (Phi) is 6.03. The third-order valence-corrected chi connectivity index (χ3v) is 4.56. The lowest BCUT2D eigenvalue weighted by molar-refractivity contribution is -0.0310. The van der Waals surface area contributed by atoms with Crippen LogP contribution < -0.4 is 15.8 Å². The summed E-state index contributed by atoms with van der Waals surface area (Å²) in [5.74, 6) is 1.01. The molecule has 1 atom stereocenters. The number of carbonyl (C=O) groups excluding carboxylic acids is 1. The van der Waals surface area contributed by atoms with Crippen LogP contribution in [0, 0.1) is 0 Å². The number of hydrogen-bond acceptors (Lipinski definition) is 6. The van der Waals surface area contributed by atoms with Gasteiger partial charge in [0.1, 0.15) is 11.5 Å². The number of furan rings is 1. The van der Waals surface area contributed by atoms with E-state index in [2.05, 4.69) is 10.2 Å². The lowest BCUT2D eigenvalue weighted by Gasteiger charge is -2.32. The molecule has 1 aromatic heterocycles. The van der Waals surface area contributed by atoms with Gasteiger partial charge >= 0.3 is 0 Å². The van der Waals surface area contributed by atoms with Crippen LogP contribution in [0.4, 0.5) is 5.69 Å². The third-order valence-electron chi connectivity index (χ3n) is 4.24. The highest BCUT2D eigenvalue weighted by molar-refractivity contribution is 6.33. The van der Waals surface area contributed by atoms with Crippen molar-refractivity contribution >= 4 is 23.2 Å². The maximum atomic E-state index is 12.5. The van der Waals surface area contributed by atoms with Crippen molar-refractivity contribution < 1.29 is 18.7 Å². The summed E-state index contributed by atoms with van der Waals surface area (Å²) < 4.78 is 16.4. The van der Waals surface area contributed by atoms with E-state index in [4.69, 9.17) is 31.2 Å². The molecule has 1 saturated heterocycles. The van der Waals surface area contributed by atoms with Crippen LogP contribution in [0.3, 0.4) is 0 Å². The molecule has 140 valence electrons. The number of benzene rings is 1. The molecule has 0 aliphatic carbocycles. The average Bonchev–Trinajstić information content (AvgIpc) is 3.15. The highest BCUT2D eigenvalue weighted by Gasteiger charge is 2.23. The summed E-state index contributed by atoms with van der Waals surface area (Å²) in [4.78, 5) is 14.7. The molecule has 0 radical (unpaired) electrons. The summed E-state index contributed by atoms with van der Waals surface area (Å²) >= 11 is 6.02. The van der Waals surface area contributed by atoms with Gasteiger partial charge in [0.25, 0.3) is 5.91 Å². The Labute approximate surface area is 157 Å². The highest BCUT2D eigenvalue weighted by Crippen LogP contribution is 2.28. The molecule has 1 aromatic carbocycles. The van der Waals surface area contributed by atoms with Crippen LogP contribution in [0.2, 0.25) is 5.02 Å². The van der Waals surface area contributed by atoms with Gasteiger partial charge in [-0.3, -0.25) is 9.69 Å².